The molecule has 8 heteroatoms. The van der Waals surface area contributed by atoms with Crippen LogP contribution < -0.4 is 5.32 Å². The number of carbonyl (C=O) groups excluding carboxylic acids is 2. The molecule has 0 unspecified atom stereocenters. The van der Waals surface area contributed by atoms with Crippen LogP contribution in [0.4, 0.5) is 0 Å². The number of halogens is 3. The SMILES string of the molecule is CC[C@H](C)NC(=O)[C@@H](C)N(Cc1c(Cl)cccc1Cl)C(=O)CSc1ccc(Cl)cc1. The van der Waals surface area contributed by atoms with Crippen molar-refractivity contribution in [2.24, 2.45) is 0 Å². The van der Waals surface area contributed by atoms with E-state index in [-0.39, 0.29) is 30.2 Å². The first-order chi connectivity index (χ1) is 14.2. The van der Waals surface area contributed by atoms with Gasteiger partial charge in [-0.15, -0.1) is 11.8 Å². The Hall–Kier alpha value is -1.40. The van der Waals surface area contributed by atoms with Crippen molar-refractivity contribution in [2.75, 3.05) is 5.75 Å². The van der Waals surface area contributed by atoms with Gasteiger partial charge in [0.15, 0.2) is 0 Å². The highest BCUT2D eigenvalue weighted by Crippen LogP contribution is 2.27. The third-order valence-corrected chi connectivity index (χ3v) is 6.69. The van der Waals surface area contributed by atoms with Crippen LogP contribution in [0.25, 0.3) is 0 Å². The first-order valence-corrected chi connectivity index (χ1v) is 11.8. The number of thioether (sulfide) groups is 1. The van der Waals surface area contributed by atoms with Crippen molar-refractivity contribution in [3.63, 3.8) is 0 Å². The van der Waals surface area contributed by atoms with Crippen LogP contribution in [0.15, 0.2) is 47.4 Å². The molecule has 2 aromatic rings. The Labute approximate surface area is 197 Å². The van der Waals surface area contributed by atoms with Gasteiger partial charge in [-0.2, -0.15) is 0 Å². The third kappa shape index (κ3) is 7.09. The summed E-state index contributed by atoms with van der Waals surface area (Å²) in [5, 5.41) is 4.49. The largest absolute Gasteiger partial charge is 0.352 e. The minimum atomic E-state index is -0.676. The molecule has 2 atom stereocenters. The van der Waals surface area contributed by atoms with Gasteiger partial charge in [-0.3, -0.25) is 9.59 Å². The van der Waals surface area contributed by atoms with Crippen molar-refractivity contribution in [1.82, 2.24) is 10.2 Å². The number of amides is 2. The topological polar surface area (TPSA) is 49.4 Å². The molecular formula is C22H25Cl3N2O2S. The molecule has 0 radical (unpaired) electrons. The van der Waals surface area contributed by atoms with Crippen molar-refractivity contribution in [3.8, 4) is 0 Å². The van der Waals surface area contributed by atoms with Crippen LogP contribution in [0.3, 0.4) is 0 Å². The van der Waals surface area contributed by atoms with E-state index in [1.807, 2.05) is 26.0 Å². The summed E-state index contributed by atoms with van der Waals surface area (Å²) in [7, 11) is 0. The lowest BCUT2D eigenvalue weighted by Crippen LogP contribution is -2.50. The molecule has 2 amide bonds. The fourth-order valence-corrected chi connectivity index (χ4v) is 4.09. The molecule has 0 fully saturated rings. The first kappa shape index (κ1) is 24.9. The zero-order valence-electron chi connectivity index (χ0n) is 17.1. The summed E-state index contributed by atoms with van der Waals surface area (Å²) >= 11 is 19.9. The van der Waals surface area contributed by atoms with E-state index in [1.165, 1.54) is 16.7 Å². The molecule has 0 aromatic heterocycles. The normalized spacial score (nSPS) is 12.9. The average Bonchev–Trinajstić information content (AvgIpc) is 2.72. The van der Waals surface area contributed by atoms with Crippen molar-refractivity contribution < 1.29 is 9.59 Å². The maximum absolute atomic E-state index is 13.1. The number of hydrogen-bond donors (Lipinski definition) is 1. The lowest BCUT2D eigenvalue weighted by Gasteiger charge is -2.30. The van der Waals surface area contributed by atoms with Gasteiger partial charge in [0, 0.05) is 38.1 Å². The van der Waals surface area contributed by atoms with E-state index in [2.05, 4.69) is 5.32 Å². The second-order valence-electron chi connectivity index (χ2n) is 6.96. The molecule has 30 heavy (non-hydrogen) atoms. The van der Waals surface area contributed by atoms with Crippen molar-refractivity contribution >= 4 is 58.4 Å². The average molecular weight is 488 g/mol. The minimum Gasteiger partial charge on any atom is -0.352 e. The smallest absolute Gasteiger partial charge is 0.242 e. The van der Waals surface area contributed by atoms with E-state index >= 15 is 0 Å². The fraction of sp³-hybridized carbons (Fsp3) is 0.364. The van der Waals surface area contributed by atoms with Crippen molar-refractivity contribution in [2.45, 2.75) is 50.7 Å². The summed E-state index contributed by atoms with van der Waals surface area (Å²) in [6.07, 6.45) is 0.801. The Morgan fingerprint density at radius 2 is 1.63 bits per heavy atom. The molecule has 0 aliphatic heterocycles. The van der Waals surface area contributed by atoms with Crippen molar-refractivity contribution in [1.29, 1.82) is 0 Å². The summed E-state index contributed by atoms with van der Waals surface area (Å²) in [6, 6.07) is 11.8. The molecule has 0 aliphatic carbocycles. The number of hydrogen-bond acceptors (Lipinski definition) is 3. The second kappa shape index (κ2) is 11.8. The summed E-state index contributed by atoms with van der Waals surface area (Å²) in [6.45, 7) is 5.78. The number of nitrogens with zero attached hydrogens (tertiary/aromatic N) is 1. The standard InChI is InChI=1S/C22H25Cl3N2O2S/c1-4-14(2)26-22(29)15(3)27(12-18-19(24)6-5-7-20(18)25)21(28)13-30-17-10-8-16(23)9-11-17/h5-11,14-15H,4,12-13H2,1-3H3,(H,26,29)/t14-,15+/m0/s1. The molecule has 0 heterocycles. The highest BCUT2D eigenvalue weighted by Gasteiger charge is 2.28. The van der Waals surface area contributed by atoms with E-state index in [0.717, 1.165) is 11.3 Å². The van der Waals surface area contributed by atoms with Crippen molar-refractivity contribution in [3.05, 3.63) is 63.1 Å². The van der Waals surface area contributed by atoms with Crippen LogP contribution in [-0.2, 0) is 16.1 Å². The molecule has 162 valence electrons. The molecule has 0 saturated heterocycles. The Morgan fingerprint density at radius 1 is 1.03 bits per heavy atom. The van der Waals surface area contributed by atoms with Gasteiger partial charge >= 0.3 is 0 Å². The Balaban J connectivity index is 2.21. The molecule has 2 aromatic carbocycles. The maximum atomic E-state index is 13.1. The minimum absolute atomic E-state index is 0.0178. The predicted molar refractivity (Wildman–Crippen MR) is 127 cm³/mol. The van der Waals surface area contributed by atoms with E-state index in [9.17, 15) is 9.59 Å². The number of carbonyl (C=O) groups is 2. The van der Waals surface area contributed by atoms with Crippen LogP contribution in [0.2, 0.25) is 15.1 Å². The molecule has 0 saturated carbocycles. The van der Waals surface area contributed by atoms with Gasteiger partial charge in [0.05, 0.1) is 5.75 Å². The highest BCUT2D eigenvalue weighted by molar-refractivity contribution is 8.00. The summed E-state index contributed by atoms with van der Waals surface area (Å²) < 4.78 is 0. The summed E-state index contributed by atoms with van der Waals surface area (Å²) in [5.41, 5.74) is 0.619. The zero-order valence-corrected chi connectivity index (χ0v) is 20.2. The molecule has 2 rings (SSSR count). The number of benzene rings is 2. The Morgan fingerprint density at radius 3 is 2.20 bits per heavy atom. The predicted octanol–water partition coefficient (Wildman–Crippen LogP) is 6.07. The van der Waals surface area contributed by atoms with Gasteiger partial charge in [0.25, 0.3) is 0 Å². The van der Waals surface area contributed by atoms with Gasteiger partial charge < -0.3 is 10.2 Å². The monoisotopic (exact) mass is 486 g/mol. The highest BCUT2D eigenvalue weighted by atomic mass is 35.5. The Kier molecular flexibility index (Phi) is 9.82. The molecular weight excluding hydrogens is 463 g/mol. The van der Waals surface area contributed by atoms with E-state index in [4.69, 9.17) is 34.8 Å². The van der Waals surface area contributed by atoms with E-state index < -0.39 is 6.04 Å². The van der Waals surface area contributed by atoms with E-state index in [1.54, 1.807) is 37.3 Å². The van der Waals surface area contributed by atoms with Crippen LogP contribution in [0.5, 0.6) is 0 Å². The summed E-state index contributed by atoms with van der Waals surface area (Å²) in [4.78, 5) is 28.3. The molecule has 1 N–H and O–H groups in total. The molecule has 0 spiro atoms. The first-order valence-electron chi connectivity index (χ1n) is 9.64. The van der Waals surface area contributed by atoms with E-state index in [0.29, 0.717) is 20.6 Å². The number of nitrogens with one attached hydrogen (secondary N) is 1. The van der Waals surface area contributed by atoms with Crippen LogP contribution in [0, 0.1) is 0 Å². The number of rotatable bonds is 9. The zero-order chi connectivity index (χ0) is 22.3. The van der Waals surface area contributed by atoms with Crippen LogP contribution >= 0.6 is 46.6 Å². The lowest BCUT2D eigenvalue weighted by atomic mass is 10.1. The van der Waals surface area contributed by atoms with Crippen LogP contribution in [0.1, 0.15) is 32.8 Å². The second-order valence-corrected chi connectivity index (χ2v) is 9.26. The maximum Gasteiger partial charge on any atom is 0.242 e. The van der Waals surface area contributed by atoms with Gasteiger partial charge in [0.1, 0.15) is 6.04 Å². The molecule has 0 aliphatic rings. The van der Waals surface area contributed by atoms with Gasteiger partial charge in [0.2, 0.25) is 11.8 Å². The van der Waals surface area contributed by atoms with Crippen LogP contribution in [-0.4, -0.2) is 34.6 Å². The molecule has 4 nitrogen and oxygen atoms in total. The fourth-order valence-electron chi connectivity index (χ4n) is 2.66. The quantitative estimate of drug-likeness (QED) is 0.437. The Bertz CT molecular complexity index is 857. The molecule has 0 bridgehead atoms. The van der Waals surface area contributed by atoms with Gasteiger partial charge in [-0.25, -0.2) is 0 Å². The third-order valence-electron chi connectivity index (χ3n) is 4.73. The lowest BCUT2D eigenvalue weighted by molar-refractivity contribution is -0.138. The van der Waals surface area contributed by atoms with Gasteiger partial charge in [-0.1, -0.05) is 47.8 Å². The van der Waals surface area contributed by atoms with Gasteiger partial charge in [-0.05, 0) is 56.7 Å². The summed E-state index contributed by atoms with van der Waals surface area (Å²) in [5.74, 6) is -0.222.